The number of ketones is 1. The minimum Gasteiger partial charge on any atom is -0.457 e. The largest absolute Gasteiger partial charge is 0.457 e. The van der Waals surface area contributed by atoms with Gasteiger partial charge in [0.1, 0.15) is 17.2 Å². The summed E-state index contributed by atoms with van der Waals surface area (Å²) in [5, 5.41) is 2.07. The lowest BCUT2D eigenvalue weighted by Crippen LogP contribution is -2.27. The van der Waals surface area contributed by atoms with Gasteiger partial charge in [0, 0.05) is 29.6 Å². The van der Waals surface area contributed by atoms with Crippen molar-refractivity contribution in [3.8, 4) is 17.2 Å². The van der Waals surface area contributed by atoms with E-state index in [1.54, 1.807) is 36.4 Å². The SMILES string of the molecule is Cc1ccc(C(=O)Oc2ccc(C(=O)COC(=O)[C@H]3CC(=O)N(c4ccc(Oc5cccc6ccccc56)cc4)C3)cc2)cc1. The predicted molar refractivity (Wildman–Crippen MR) is 169 cm³/mol. The Hall–Kier alpha value is -5.76. The molecule has 6 rings (SSSR count). The summed E-state index contributed by atoms with van der Waals surface area (Å²) in [4.78, 5) is 52.1. The van der Waals surface area contributed by atoms with Crippen LogP contribution in [0, 0.1) is 12.8 Å². The Morgan fingerprint density at radius 2 is 1.42 bits per heavy atom. The lowest BCUT2D eigenvalue weighted by Gasteiger charge is -2.17. The van der Waals surface area contributed by atoms with Gasteiger partial charge in [0.25, 0.3) is 0 Å². The van der Waals surface area contributed by atoms with Gasteiger partial charge in [-0.15, -0.1) is 0 Å². The van der Waals surface area contributed by atoms with Gasteiger partial charge >= 0.3 is 11.9 Å². The highest BCUT2D eigenvalue weighted by Gasteiger charge is 2.36. The van der Waals surface area contributed by atoms with Crippen molar-refractivity contribution in [2.24, 2.45) is 5.92 Å². The van der Waals surface area contributed by atoms with E-state index in [0.29, 0.717) is 22.6 Å². The number of hydrogen-bond donors (Lipinski definition) is 0. The van der Waals surface area contributed by atoms with E-state index in [-0.39, 0.29) is 24.6 Å². The van der Waals surface area contributed by atoms with Crippen molar-refractivity contribution in [2.75, 3.05) is 18.1 Å². The lowest BCUT2D eigenvalue weighted by molar-refractivity contribution is -0.147. The van der Waals surface area contributed by atoms with Crippen LogP contribution in [0.2, 0.25) is 0 Å². The second-order valence-electron chi connectivity index (χ2n) is 10.8. The van der Waals surface area contributed by atoms with Gasteiger partial charge in [-0.2, -0.15) is 0 Å². The van der Waals surface area contributed by atoms with Gasteiger partial charge in [0.15, 0.2) is 12.4 Å². The molecule has 1 aliphatic rings. The van der Waals surface area contributed by atoms with E-state index in [1.807, 2.05) is 61.5 Å². The Labute approximate surface area is 259 Å². The van der Waals surface area contributed by atoms with Gasteiger partial charge in [-0.05, 0) is 79.0 Å². The van der Waals surface area contributed by atoms with E-state index in [2.05, 4.69) is 0 Å². The van der Waals surface area contributed by atoms with E-state index < -0.39 is 30.2 Å². The van der Waals surface area contributed by atoms with Crippen LogP contribution in [-0.4, -0.2) is 36.8 Å². The number of esters is 2. The monoisotopic (exact) mass is 599 g/mol. The van der Waals surface area contributed by atoms with Gasteiger partial charge in [-0.1, -0.05) is 54.1 Å². The summed E-state index contributed by atoms with van der Waals surface area (Å²) in [5.74, 6) is -0.800. The van der Waals surface area contributed by atoms with Gasteiger partial charge in [-0.3, -0.25) is 14.4 Å². The van der Waals surface area contributed by atoms with Crippen molar-refractivity contribution in [3.63, 3.8) is 0 Å². The van der Waals surface area contributed by atoms with Crippen LogP contribution in [0.5, 0.6) is 17.2 Å². The number of fused-ring (bicyclic) bond motifs is 1. The number of rotatable bonds is 9. The van der Waals surface area contributed by atoms with Crippen molar-refractivity contribution in [1.29, 1.82) is 0 Å². The molecule has 1 aliphatic heterocycles. The third-order valence-corrected chi connectivity index (χ3v) is 7.60. The molecule has 1 amide bonds. The van der Waals surface area contributed by atoms with Crippen LogP contribution < -0.4 is 14.4 Å². The lowest BCUT2D eigenvalue weighted by atomic mass is 10.1. The first kappa shape index (κ1) is 29.3. The Morgan fingerprint density at radius 3 is 2.18 bits per heavy atom. The molecule has 8 nitrogen and oxygen atoms in total. The molecule has 45 heavy (non-hydrogen) atoms. The predicted octanol–water partition coefficient (Wildman–Crippen LogP) is 6.94. The summed E-state index contributed by atoms with van der Waals surface area (Å²) in [7, 11) is 0. The first-order valence-corrected chi connectivity index (χ1v) is 14.5. The highest BCUT2D eigenvalue weighted by atomic mass is 16.5. The molecule has 0 saturated carbocycles. The Bertz CT molecular complexity index is 1870. The van der Waals surface area contributed by atoms with Crippen molar-refractivity contribution >= 4 is 40.1 Å². The summed E-state index contributed by atoms with van der Waals surface area (Å²) in [5.41, 5.74) is 2.38. The fourth-order valence-electron chi connectivity index (χ4n) is 5.12. The van der Waals surface area contributed by atoms with Gasteiger partial charge < -0.3 is 19.1 Å². The maximum atomic E-state index is 12.8. The number of ether oxygens (including phenoxy) is 3. The fraction of sp³-hybridized carbons (Fsp3) is 0.135. The average molecular weight is 600 g/mol. The van der Waals surface area contributed by atoms with Crippen LogP contribution in [0.3, 0.4) is 0 Å². The molecule has 0 radical (unpaired) electrons. The zero-order valence-electron chi connectivity index (χ0n) is 24.5. The van der Waals surface area contributed by atoms with E-state index in [1.165, 1.54) is 29.2 Å². The summed E-state index contributed by atoms with van der Waals surface area (Å²) in [6.07, 6.45) is -0.0116. The highest BCUT2D eigenvalue weighted by Crippen LogP contribution is 2.32. The molecule has 0 unspecified atom stereocenters. The van der Waals surface area contributed by atoms with Crippen molar-refractivity contribution in [2.45, 2.75) is 13.3 Å². The molecule has 0 N–H and O–H groups in total. The zero-order valence-corrected chi connectivity index (χ0v) is 24.5. The fourth-order valence-corrected chi connectivity index (χ4v) is 5.12. The molecule has 0 aliphatic carbocycles. The average Bonchev–Trinajstić information content (AvgIpc) is 3.46. The summed E-state index contributed by atoms with van der Waals surface area (Å²) >= 11 is 0. The van der Waals surface area contributed by atoms with Gasteiger partial charge in [0.2, 0.25) is 5.91 Å². The molecule has 1 fully saturated rings. The molecular weight excluding hydrogens is 570 g/mol. The molecule has 8 heteroatoms. The number of nitrogens with zero attached hydrogens (tertiary/aromatic N) is 1. The van der Waals surface area contributed by atoms with Crippen LogP contribution in [0.1, 0.15) is 32.7 Å². The zero-order chi connectivity index (χ0) is 31.3. The Balaban J connectivity index is 1.00. The van der Waals surface area contributed by atoms with E-state index in [4.69, 9.17) is 14.2 Å². The topological polar surface area (TPSA) is 99.2 Å². The Morgan fingerprint density at radius 1 is 0.756 bits per heavy atom. The molecule has 224 valence electrons. The minimum absolute atomic E-state index is 0.0116. The second kappa shape index (κ2) is 12.9. The number of anilines is 1. The van der Waals surface area contributed by atoms with Gasteiger partial charge in [-0.25, -0.2) is 4.79 Å². The molecule has 1 atom stereocenters. The van der Waals surface area contributed by atoms with Crippen LogP contribution >= 0.6 is 0 Å². The first-order chi connectivity index (χ1) is 21.8. The van der Waals surface area contributed by atoms with E-state index in [0.717, 1.165) is 22.1 Å². The quantitative estimate of drug-likeness (QED) is 0.103. The number of aryl methyl sites for hydroxylation is 1. The second-order valence-corrected chi connectivity index (χ2v) is 10.8. The molecule has 0 bridgehead atoms. The van der Waals surface area contributed by atoms with Crippen molar-refractivity contribution < 1.29 is 33.4 Å². The van der Waals surface area contributed by atoms with Crippen molar-refractivity contribution in [3.05, 3.63) is 132 Å². The number of carbonyl (C=O) groups excluding carboxylic acids is 4. The molecule has 0 aromatic heterocycles. The van der Waals surface area contributed by atoms with Crippen LogP contribution in [0.25, 0.3) is 10.8 Å². The van der Waals surface area contributed by atoms with Crippen LogP contribution in [-0.2, 0) is 14.3 Å². The standard InChI is InChI=1S/C37H29NO7/c1-24-9-11-27(12-10-24)37(42)45-31-17-13-26(14-18-31)33(39)23-43-36(41)28-21-35(40)38(22-28)29-15-19-30(20-16-29)44-34-8-4-6-25-5-2-3-7-32(25)34/h2-20,28H,21-23H2,1H3/t28-/m0/s1. The Kier molecular flexibility index (Phi) is 8.37. The molecule has 5 aromatic rings. The molecular formula is C37H29NO7. The maximum Gasteiger partial charge on any atom is 0.343 e. The number of benzene rings is 5. The van der Waals surface area contributed by atoms with E-state index in [9.17, 15) is 19.2 Å². The van der Waals surface area contributed by atoms with Gasteiger partial charge in [0.05, 0.1) is 11.5 Å². The number of hydrogen-bond acceptors (Lipinski definition) is 7. The third kappa shape index (κ3) is 6.75. The van der Waals surface area contributed by atoms with Crippen LogP contribution in [0.4, 0.5) is 5.69 Å². The summed E-state index contributed by atoms with van der Waals surface area (Å²) in [6.45, 7) is 1.61. The number of carbonyl (C=O) groups is 4. The summed E-state index contributed by atoms with van der Waals surface area (Å²) < 4.78 is 16.8. The number of Topliss-reactive ketones (excluding diaryl/α,β-unsaturated/α-hetero) is 1. The molecule has 1 heterocycles. The smallest absolute Gasteiger partial charge is 0.343 e. The first-order valence-electron chi connectivity index (χ1n) is 14.5. The molecule has 0 spiro atoms. The molecule has 1 saturated heterocycles. The number of amides is 1. The van der Waals surface area contributed by atoms with E-state index >= 15 is 0 Å². The highest BCUT2D eigenvalue weighted by molar-refractivity contribution is 6.01. The molecule has 5 aromatic carbocycles. The normalized spacial score (nSPS) is 14.3. The van der Waals surface area contributed by atoms with Crippen molar-refractivity contribution in [1.82, 2.24) is 0 Å². The third-order valence-electron chi connectivity index (χ3n) is 7.60. The maximum absolute atomic E-state index is 12.8. The minimum atomic E-state index is -0.694. The summed E-state index contributed by atoms with van der Waals surface area (Å²) in [6, 6.07) is 33.9. The van der Waals surface area contributed by atoms with Crippen LogP contribution in [0.15, 0.2) is 115 Å².